The number of unbranched alkanes of at least 4 members (excludes halogenated alkanes) is 1. The van der Waals surface area contributed by atoms with E-state index in [1.807, 2.05) is 4.90 Å². The Morgan fingerprint density at radius 1 is 1.00 bits per heavy atom. The SMILES string of the molecule is CCCCC1CCC(C(=O)N2CCN(S(=O)(=O)C3CCS(=O)(=O)C3)CC2)CC1. The lowest BCUT2D eigenvalue weighted by atomic mass is 9.79. The molecule has 7 nitrogen and oxygen atoms in total. The highest BCUT2D eigenvalue weighted by atomic mass is 32.2. The minimum absolute atomic E-state index is 0.0454. The molecule has 1 aliphatic carbocycles. The zero-order chi connectivity index (χ0) is 20.4. The first-order chi connectivity index (χ1) is 13.2. The summed E-state index contributed by atoms with van der Waals surface area (Å²) in [5.74, 6) is 0.704. The van der Waals surface area contributed by atoms with Gasteiger partial charge >= 0.3 is 0 Å². The molecule has 0 spiro atoms. The van der Waals surface area contributed by atoms with Gasteiger partial charge in [-0.3, -0.25) is 4.79 Å². The quantitative estimate of drug-likeness (QED) is 0.634. The van der Waals surface area contributed by atoms with Crippen molar-refractivity contribution in [2.45, 2.75) is 63.5 Å². The summed E-state index contributed by atoms with van der Waals surface area (Å²) in [5.41, 5.74) is 0. The summed E-state index contributed by atoms with van der Waals surface area (Å²) in [6.45, 7) is 3.58. The average molecular weight is 435 g/mol. The van der Waals surface area contributed by atoms with Gasteiger partial charge in [-0.05, 0) is 38.0 Å². The highest BCUT2D eigenvalue weighted by molar-refractivity contribution is 7.95. The average Bonchev–Trinajstić information content (AvgIpc) is 3.07. The maximum atomic E-state index is 12.9. The third-order valence-corrected chi connectivity index (χ3v) is 11.0. The largest absolute Gasteiger partial charge is 0.340 e. The van der Waals surface area contributed by atoms with E-state index in [0.29, 0.717) is 13.1 Å². The van der Waals surface area contributed by atoms with Crippen LogP contribution in [0.25, 0.3) is 0 Å². The van der Waals surface area contributed by atoms with Crippen LogP contribution in [0.4, 0.5) is 0 Å². The second kappa shape index (κ2) is 9.00. The maximum Gasteiger partial charge on any atom is 0.225 e. The van der Waals surface area contributed by atoms with Crippen molar-refractivity contribution in [3.8, 4) is 0 Å². The van der Waals surface area contributed by atoms with Crippen LogP contribution in [-0.4, -0.2) is 74.9 Å². The summed E-state index contributed by atoms with van der Waals surface area (Å²) in [4.78, 5) is 14.7. The number of hydrogen-bond donors (Lipinski definition) is 0. The van der Waals surface area contributed by atoms with Crippen molar-refractivity contribution < 1.29 is 21.6 Å². The van der Waals surface area contributed by atoms with E-state index in [9.17, 15) is 21.6 Å². The minimum atomic E-state index is -3.61. The smallest absolute Gasteiger partial charge is 0.225 e. The van der Waals surface area contributed by atoms with Gasteiger partial charge < -0.3 is 4.90 Å². The van der Waals surface area contributed by atoms with Crippen LogP contribution in [-0.2, 0) is 24.7 Å². The number of carbonyl (C=O) groups excluding carboxylic acids is 1. The Morgan fingerprint density at radius 2 is 1.64 bits per heavy atom. The van der Waals surface area contributed by atoms with Crippen LogP contribution >= 0.6 is 0 Å². The van der Waals surface area contributed by atoms with Crippen LogP contribution in [0.3, 0.4) is 0 Å². The van der Waals surface area contributed by atoms with Crippen molar-refractivity contribution in [1.82, 2.24) is 9.21 Å². The first-order valence-electron chi connectivity index (χ1n) is 10.7. The number of amides is 1. The van der Waals surface area contributed by atoms with Crippen LogP contribution in [0.2, 0.25) is 0 Å². The van der Waals surface area contributed by atoms with Gasteiger partial charge in [-0.25, -0.2) is 16.8 Å². The summed E-state index contributed by atoms with van der Waals surface area (Å²) in [7, 11) is -6.84. The first kappa shape index (κ1) is 22.0. The van der Waals surface area contributed by atoms with Gasteiger partial charge in [-0.1, -0.05) is 26.2 Å². The van der Waals surface area contributed by atoms with Crippen molar-refractivity contribution in [2.75, 3.05) is 37.7 Å². The fourth-order valence-corrected chi connectivity index (χ4v) is 9.33. The monoisotopic (exact) mass is 434 g/mol. The molecule has 2 heterocycles. The van der Waals surface area contributed by atoms with Gasteiger partial charge in [0.15, 0.2) is 9.84 Å². The molecule has 28 heavy (non-hydrogen) atoms. The van der Waals surface area contributed by atoms with Crippen LogP contribution in [0.15, 0.2) is 0 Å². The molecule has 1 amide bonds. The van der Waals surface area contributed by atoms with Gasteiger partial charge in [-0.15, -0.1) is 0 Å². The van der Waals surface area contributed by atoms with Gasteiger partial charge in [0, 0.05) is 32.1 Å². The molecule has 0 bridgehead atoms. The molecule has 162 valence electrons. The Balaban J connectivity index is 1.48. The molecule has 3 fully saturated rings. The lowest BCUT2D eigenvalue weighted by molar-refractivity contribution is -0.138. The molecule has 3 rings (SSSR count). The normalized spacial score (nSPS) is 31.8. The molecule has 0 radical (unpaired) electrons. The van der Waals surface area contributed by atoms with E-state index in [4.69, 9.17) is 0 Å². The number of sulfone groups is 1. The van der Waals surface area contributed by atoms with Crippen LogP contribution < -0.4 is 0 Å². The second-order valence-corrected chi connectivity index (χ2v) is 13.1. The third kappa shape index (κ3) is 5.08. The number of hydrogen-bond acceptors (Lipinski definition) is 5. The number of sulfonamides is 1. The number of rotatable bonds is 6. The summed E-state index contributed by atoms with van der Waals surface area (Å²) < 4.78 is 50.1. The van der Waals surface area contributed by atoms with Gasteiger partial charge in [0.25, 0.3) is 0 Å². The molecule has 0 N–H and O–H groups in total. The van der Waals surface area contributed by atoms with Gasteiger partial charge in [-0.2, -0.15) is 4.31 Å². The van der Waals surface area contributed by atoms with E-state index in [1.54, 1.807) is 0 Å². The predicted molar refractivity (Wildman–Crippen MR) is 109 cm³/mol. The number of nitrogens with zero attached hydrogens (tertiary/aromatic N) is 2. The summed E-state index contributed by atoms with van der Waals surface area (Å²) >= 11 is 0. The Morgan fingerprint density at radius 3 is 2.18 bits per heavy atom. The van der Waals surface area contributed by atoms with Crippen molar-refractivity contribution >= 4 is 25.8 Å². The van der Waals surface area contributed by atoms with Crippen molar-refractivity contribution in [2.24, 2.45) is 11.8 Å². The van der Waals surface area contributed by atoms with E-state index in [-0.39, 0.29) is 42.8 Å². The molecule has 1 atom stereocenters. The number of carbonyl (C=O) groups is 1. The Kier molecular flexibility index (Phi) is 7.08. The Labute approximate surface area is 169 Å². The highest BCUT2D eigenvalue weighted by Crippen LogP contribution is 2.33. The summed E-state index contributed by atoms with van der Waals surface area (Å²) in [5, 5.41) is -0.821. The van der Waals surface area contributed by atoms with Crippen molar-refractivity contribution in [3.63, 3.8) is 0 Å². The predicted octanol–water partition coefficient (Wildman–Crippen LogP) is 1.64. The van der Waals surface area contributed by atoms with E-state index >= 15 is 0 Å². The topological polar surface area (TPSA) is 91.8 Å². The molecule has 0 aromatic carbocycles. The van der Waals surface area contributed by atoms with Crippen molar-refractivity contribution in [1.29, 1.82) is 0 Å². The fraction of sp³-hybridized carbons (Fsp3) is 0.947. The van der Waals surface area contributed by atoms with Crippen LogP contribution in [0.5, 0.6) is 0 Å². The molecule has 0 aromatic rings. The lowest BCUT2D eigenvalue weighted by Gasteiger charge is -2.38. The fourth-order valence-electron chi connectivity index (χ4n) is 4.82. The van der Waals surface area contributed by atoms with E-state index < -0.39 is 25.1 Å². The Bertz CT molecular complexity index is 749. The second-order valence-electron chi connectivity index (χ2n) is 8.65. The van der Waals surface area contributed by atoms with Gasteiger partial charge in [0.1, 0.15) is 0 Å². The van der Waals surface area contributed by atoms with E-state index in [1.165, 1.54) is 23.6 Å². The van der Waals surface area contributed by atoms with Crippen LogP contribution in [0, 0.1) is 11.8 Å². The van der Waals surface area contributed by atoms with Gasteiger partial charge in [0.2, 0.25) is 15.9 Å². The van der Waals surface area contributed by atoms with Crippen LogP contribution in [0.1, 0.15) is 58.3 Å². The molecular formula is C19H34N2O5S2. The summed E-state index contributed by atoms with van der Waals surface area (Å²) in [6.07, 6.45) is 8.09. The molecule has 1 saturated carbocycles. The lowest BCUT2D eigenvalue weighted by Crippen LogP contribution is -2.54. The minimum Gasteiger partial charge on any atom is -0.340 e. The molecule has 2 saturated heterocycles. The molecule has 3 aliphatic rings. The number of piperazine rings is 1. The zero-order valence-corrected chi connectivity index (χ0v) is 18.5. The zero-order valence-electron chi connectivity index (χ0n) is 16.9. The molecule has 1 unspecified atom stereocenters. The molecule has 0 aromatic heterocycles. The maximum absolute atomic E-state index is 12.9. The first-order valence-corrected chi connectivity index (χ1v) is 14.0. The molecule has 9 heteroatoms. The summed E-state index contributed by atoms with van der Waals surface area (Å²) in [6, 6.07) is 0. The standard InChI is InChI=1S/C19H34N2O5S2/c1-2-3-4-16-5-7-17(8-6-16)19(22)20-10-12-21(13-11-20)28(25,26)18-9-14-27(23,24)15-18/h16-18H,2-15H2,1H3. The van der Waals surface area contributed by atoms with Gasteiger partial charge in [0.05, 0.1) is 16.8 Å². The molecular weight excluding hydrogens is 400 g/mol. The highest BCUT2D eigenvalue weighted by Gasteiger charge is 2.42. The van der Waals surface area contributed by atoms with Crippen molar-refractivity contribution in [3.05, 3.63) is 0 Å². The Hall–Kier alpha value is -0.670. The van der Waals surface area contributed by atoms with E-state index in [2.05, 4.69) is 6.92 Å². The van der Waals surface area contributed by atoms with E-state index in [0.717, 1.165) is 31.6 Å². The third-order valence-electron chi connectivity index (χ3n) is 6.68. The molecule has 2 aliphatic heterocycles.